The summed E-state index contributed by atoms with van der Waals surface area (Å²) in [6.07, 6.45) is 1.53. The lowest BCUT2D eigenvalue weighted by Crippen LogP contribution is -1.89. The van der Waals surface area contributed by atoms with E-state index in [1.807, 2.05) is 0 Å². The van der Waals surface area contributed by atoms with Gasteiger partial charge in [-0.2, -0.15) is 0 Å². The summed E-state index contributed by atoms with van der Waals surface area (Å²) < 4.78 is 14.0. The fraction of sp³-hybridized carbons (Fsp3) is 0.100. The number of rotatable bonds is 1. The molecule has 2 nitrogen and oxygen atoms in total. The van der Waals surface area contributed by atoms with E-state index in [1.54, 1.807) is 6.07 Å². The van der Waals surface area contributed by atoms with Gasteiger partial charge < -0.3 is 4.98 Å². The highest BCUT2D eigenvalue weighted by atomic mass is 79.9. The zero-order chi connectivity index (χ0) is 10.3. The molecule has 0 bridgehead atoms. The Hall–Kier alpha value is -1.16. The Kier molecular flexibility index (Phi) is 2.15. The molecule has 14 heavy (non-hydrogen) atoms. The Balaban J connectivity index is 2.85. The van der Waals surface area contributed by atoms with Crippen LogP contribution in [0.2, 0.25) is 0 Å². The summed E-state index contributed by atoms with van der Waals surface area (Å²) in [5.74, 6) is -0.435. The molecule has 0 spiro atoms. The van der Waals surface area contributed by atoms with Crippen molar-refractivity contribution in [2.45, 2.75) is 6.92 Å². The van der Waals surface area contributed by atoms with Gasteiger partial charge in [-0.25, -0.2) is 4.39 Å². The van der Waals surface area contributed by atoms with Crippen LogP contribution >= 0.6 is 15.9 Å². The lowest BCUT2D eigenvalue weighted by molar-refractivity contribution is 0.101. The highest BCUT2D eigenvalue weighted by Crippen LogP contribution is 2.25. The standard InChI is InChI=1S/C10H7BrFNO/c1-5(14)8-4-13-10-7(8)2-6(11)3-9(10)12/h2-4,13H,1H3. The number of Topliss-reactive ketones (excluding diaryl/α,β-unsaturated/α-hetero) is 1. The van der Waals surface area contributed by atoms with Crippen molar-refractivity contribution in [3.05, 3.63) is 34.2 Å². The van der Waals surface area contributed by atoms with Gasteiger partial charge in [-0.1, -0.05) is 15.9 Å². The summed E-state index contributed by atoms with van der Waals surface area (Å²) in [6, 6.07) is 3.09. The third-order valence-electron chi connectivity index (χ3n) is 2.09. The molecule has 72 valence electrons. The normalized spacial score (nSPS) is 10.8. The van der Waals surface area contributed by atoms with Gasteiger partial charge in [0.05, 0.1) is 5.52 Å². The Morgan fingerprint density at radius 1 is 1.50 bits per heavy atom. The van der Waals surface area contributed by atoms with E-state index in [4.69, 9.17) is 0 Å². The van der Waals surface area contributed by atoms with Gasteiger partial charge in [0, 0.05) is 21.6 Å². The van der Waals surface area contributed by atoms with E-state index >= 15 is 0 Å². The summed E-state index contributed by atoms with van der Waals surface area (Å²) >= 11 is 3.19. The molecule has 1 aromatic carbocycles. The van der Waals surface area contributed by atoms with E-state index in [9.17, 15) is 9.18 Å². The van der Waals surface area contributed by atoms with E-state index in [-0.39, 0.29) is 11.6 Å². The largest absolute Gasteiger partial charge is 0.358 e. The summed E-state index contributed by atoms with van der Waals surface area (Å²) in [6.45, 7) is 1.46. The first-order valence-corrected chi connectivity index (χ1v) is 4.86. The number of hydrogen-bond donors (Lipinski definition) is 1. The zero-order valence-electron chi connectivity index (χ0n) is 7.40. The molecule has 0 saturated heterocycles. The van der Waals surface area contributed by atoms with E-state index in [0.717, 1.165) is 0 Å². The van der Waals surface area contributed by atoms with Crippen molar-refractivity contribution >= 4 is 32.6 Å². The van der Waals surface area contributed by atoms with E-state index < -0.39 is 0 Å². The molecule has 0 aliphatic heterocycles. The number of hydrogen-bond acceptors (Lipinski definition) is 1. The third-order valence-corrected chi connectivity index (χ3v) is 2.54. The molecule has 0 radical (unpaired) electrons. The highest BCUT2D eigenvalue weighted by molar-refractivity contribution is 9.10. The highest BCUT2D eigenvalue weighted by Gasteiger charge is 2.11. The fourth-order valence-corrected chi connectivity index (χ4v) is 1.88. The smallest absolute Gasteiger partial charge is 0.161 e. The molecule has 2 aromatic rings. The minimum Gasteiger partial charge on any atom is -0.358 e. The fourth-order valence-electron chi connectivity index (χ4n) is 1.45. The van der Waals surface area contributed by atoms with Crippen LogP contribution in [-0.4, -0.2) is 10.8 Å². The van der Waals surface area contributed by atoms with Crippen LogP contribution in [0, 0.1) is 5.82 Å². The van der Waals surface area contributed by atoms with Crippen LogP contribution < -0.4 is 0 Å². The Labute approximate surface area is 88.2 Å². The van der Waals surface area contributed by atoms with Gasteiger partial charge in [-0.3, -0.25) is 4.79 Å². The van der Waals surface area contributed by atoms with Gasteiger partial charge in [0.2, 0.25) is 0 Å². The molecule has 0 atom stereocenters. The molecule has 0 aliphatic carbocycles. The molecular weight excluding hydrogens is 249 g/mol. The monoisotopic (exact) mass is 255 g/mol. The van der Waals surface area contributed by atoms with Crippen LogP contribution in [-0.2, 0) is 0 Å². The molecular formula is C10H7BrFNO. The number of fused-ring (bicyclic) bond motifs is 1. The quantitative estimate of drug-likeness (QED) is 0.780. The summed E-state index contributed by atoms with van der Waals surface area (Å²) in [5, 5.41) is 0.615. The molecule has 0 aliphatic rings. The molecule has 0 fully saturated rings. The number of nitrogens with one attached hydrogen (secondary N) is 1. The average molecular weight is 256 g/mol. The minimum atomic E-state index is -0.359. The maximum Gasteiger partial charge on any atom is 0.161 e. The zero-order valence-corrected chi connectivity index (χ0v) is 8.98. The number of ketones is 1. The predicted molar refractivity (Wildman–Crippen MR) is 56.0 cm³/mol. The van der Waals surface area contributed by atoms with Crippen LogP contribution in [0.1, 0.15) is 17.3 Å². The van der Waals surface area contributed by atoms with E-state index in [2.05, 4.69) is 20.9 Å². The lowest BCUT2D eigenvalue weighted by Gasteiger charge is -1.96. The number of aromatic nitrogens is 1. The number of H-pyrrole nitrogens is 1. The Morgan fingerprint density at radius 3 is 2.86 bits per heavy atom. The van der Waals surface area contributed by atoms with Crippen LogP contribution in [0.15, 0.2) is 22.8 Å². The van der Waals surface area contributed by atoms with Crippen LogP contribution in [0.25, 0.3) is 10.9 Å². The number of benzene rings is 1. The lowest BCUT2D eigenvalue weighted by atomic mass is 10.1. The molecule has 4 heteroatoms. The number of halogens is 2. The van der Waals surface area contributed by atoms with Gasteiger partial charge in [0.25, 0.3) is 0 Å². The Morgan fingerprint density at radius 2 is 2.21 bits per heavy atom. The first kappa shape index (κ1) is 9.40. The van der Waals surface area contributed by atoms with Gasteiger partial charge in [0.1, 0.15) is 5.82 Å². The van der Waals surface area contributed by atoms with Crippen molar-refractivity contribution in [2.75, 3.05) is 0 Å². The van der Waals surface area contributed by atoms with Gasteiger partial charge in [0.15, 0.2) is 5.78 Å². The van der Waals surface area contributed by atoms with Crippen molar-refractivity contribution in [3.63, 3.8) is 0 Å². The first-order chi connectivity index (χ1) is 6.59. The second-order valence-electron chi connectivity index (χ2n) is 3.07. The molecule has 0 unspecified atom stereocenters. The van der Waals surface area contributed by atoms with Gasteiger partial charge in [-0.05, 0) is 19.1 Å². The molecule has 2 rings (SSSR count). The molecule has 0 amide bonds. The molecule has 1 aromatic heterocycles. The SMILES string of the molecule is CC(=O)c1c[nH]c2c(F)cc(Br)cc12. The van der Waals surface area contributed by atoms with Gasteiger partial charge in [-0.15, -0.1) is 0 Å². The summed E-state index contributed by atoms with van der Waals surface area (Å²) in [5.41, 5.74) is 0.888. The maximum absolute atomic E-state index is 13.4. The molecule has 1 N–H and O–H groups in total. The number of carbonyl (C=O) groups excluding carboxylic acids is 1. The third kappa shape index (κ3) is 1.35. The topological polar surface area (TPSA) is 32.9 Å². The average Bonchev–Trinajstić information content (AvgIpc) is 2.47. The molecule has 0 saturated carbocycles. The van der Waals surface area contributed by atoms with Crippen LogP contribution in [0.4, 0.5) is 4.39 Å². The van der Waals surface area contributed by atoms with E-state index in [1.165, 1.54) is 19.2 Å². The van der Waals surface area contributed by atoms with Crippen molar-refractivity contribution in [3.8, 4) is 0 Å². The van der Waals surface area contributed by atoms with Crippen molar-refractivity contribution in [1.82, 2.24) is 4.98 Å². The molecule has 1 heterocycles. The second-order valence-corrected chi connectivity index (χ2v) is 3.98. The van der Waals surface area contributed by atoms with Gasteiger partial charge >= 0.3 is 0 Å². The van der Waals surface area contributed by atoms with Crippen LogP contribution in [0.5, 0.6) is 0 Å². The predicted octanol–water partition coefficient (Wildman–Crippen LogP) is 3.27. The van der Waals surface area contributed by atoms with Crippen molar-refractivity contribution in [2.24, 2.45) is 0 Å². The number of carbonyl (C=O) groups is 1. The number of aromatic amines is 1. The minimum absolute atomic E-state index is 0.0752. The Bertz CT molecular complexity index is 518. The van der Waals surface area contributed by atoms with Crippen molar-refractivity contribution in [1.29, 1.82) is 0 Å². The summed E-state index contributed by atoms with van der Waals surface area (Å²) in [7, 11) is 0. The first-order valence-electron chi connectivity index (χ1n) is 4.06. The maximum atomic E-state index is 13.4. The van der Waals surface area contributed by atoms with Crippen molar-refractivity contribution < 1.29 is 9.18 Å². The second kappa shape index (κ2) is 3.20. The van der Waals surface area contributed by atoms with Crippen LogP contribution in [0.3, 0.4) is 0 Å². The summed E-state index contributed by atoms with van der Waals surface area (Å²) in [4.78, 5) is 13.9. The van der Waals surface area contributed by atoms with E-state index in [0.29, 0.717) is 20.9 Å².